The topological polar surface area (TPSA) is 35.5 Å². The van der Waals surface area contributed by atoms with Gasteiger partial charge in [-0.1, -0.05) is 31.9 Å². The SMILES string of the molecule is CCOC(=O)C1(Br)CCOC1Br. The van der Waals surface area contributed by atoms with Gasteiger partial charge in [-0.25, -0.2) is 0 Å². The highest BCUT2D eigenvalue weighted by Gasteiger charge is 2.48. The number of hydrogen-bond acceptors (Lipinski definition) is 3. The van der Waals surface area contributed by atoms with E-state index in [9.17, 15) is 4.79 Å². The van der Waals surface area contributed by atoms with Gasteiger partial charge in [-0.05, 0) is 6.92 Å². The molecule has 1 aliphatic rings. The summed E-state index contributed by atoms with van der Waals surface area (Å²) in [6.07, 6.45) is 0.641. The van der Waals surface area contributed by atoms with Gasteiger partial charge >= 0.3 is 5.97 Å². The molecule has 0 aromatic rings. The molecule has 12 heavy (non-hydrogen) atoms. The maximum atomic E-state index is 11.4. The van der Waals surface area contributed by atoms with Crippen LogP contribution < -0.4 is 0 Å². The highest BCUT2D eigenvalue weighted by molar-refractivity contribution is 9.12. The minimum atomic E-state index is -0.691. The van der Waals surface area contributed by atoms with E-state index in [0.29, 0.717) is 19.6 Å². The van der Waals surface area contributed by atoms with Gasteiger partial charge in [0.1, 0.15) is 5.01 Å². The van der Waals surface area contributed by atoms with Crippen LogP contribution >= 0.6 is 31.9 Å². The summed E-state index contributed by atoms with van der Waals surface area (Å²) in [7, 11) is 0. The Bertz CT molecular complexity index is 185. The first-order valence-electron chi connectivity index (χ1n) is 3.73. The molecule has 70 valence electrons. The highest BCUT2D eigenvalue weighted by atomic mass is 79.9. The smallest absolute Gasteiger partial charge is 0.326 e. The molecule has 0 N–H and O–H groups in total. The van der Waals surface area contributed by atoms with E-state index >= 15 is 0 Å². The minimum Gasteiger partial charge on any atom is -0.465 e. The molecule has 3 nitrogen and oxygen atoms in total. The van der Waals surface area contributed by atoms with Gasteiger partial charge in [-0.3, -0.25) is 4.79 Å². The van der Waals surface area contributed by atoms with Gasteiger partial charge in [-0.2, -0.15) is 0 Å². The first kappa shape index (κ1) is 10.5. The van der Waals surface area contributed by atoms with Crippen LogP contribution in [0.3, 0.4) is 0 Å². The number of hydrogen-bond donors (Lipinski definition) is 0. The Morgan fingerprint density at radius 1 is 1.83 bits per heavy atom. The summed E-state index contributed by atoms with van der Waals surface area (Å²) in [5.41, 5.74) is 0. The van der Waals surface area contributed by atoms with Crippen LogP contribution in [-0.4, -0.2) is 28.5 Å². The van der Waals surface area contributed by atoms with Crippen molar-refractivity contribution in [1.29, 1.82) is 0 Å². The number of carbonyl (C=O) groups is 1. The predicted molar refractivity (Wildman–Crippen MR) is 51.6 cm³/mol. The van der Waals surface area contributed by atoms with Crippen molar-refractivity contribution in [2.45, 2.75) is 22.7 Å². The van der Waals surface area contributed by atoms with E-state index in [1.165, 1.54) is 0 Å². The Labute approximate surface area is 88.0 Å². The van der Waals surface area contributed by atoms with Crippen molar-refractivity contribution >= 4 is 37.8 Å². The third-order valence-electron chi connectivity index (χ3n) is 1.70. The number of rotatable bonds is 2. The van der Waals surface area contributed by atoms with Crippen LogP contribution in [0.15, 0.2) is 0 Å². The third kappa shape index (κ3) is 1.83. The van der Waals surface area contributed by atoms with Gasteiger partial charge in [0.25, 0.3) is 0 Å². The quantitative estimate of drug-likeness (QED) is 0.576. The molecule has 5 heteroatoms. The molecule has 1 heterocycles. The molecule has 0 bridgehead atoms. The summed E-state index contributed by atoms with van der Waals surface area (Å²) in [6.45, 7) is 2.75. The number of esters is 1. The zero-order valence-corrected chi connectivity index (χ0v) is 9.85. The Morgan fingerprint density at radius 3 is 2.92 bits per heavy atom. The van der Waals surface area contributed by atoms with Gasteiger partial charge in [-0.15, -0.1) is 0 Å². The first-order chi connectivity index (χ1) is 5.61. The second-order valence-electron chi connectivity index (χ2n) is 2.52. The van der Waals surface area contributed by atoms with Crippen molar-refractivity contribution in [2.24, 2.45) is 0 Å². The maximum Gasteiger partial charge on any atom is 0.326 e. The fraction of sp³-hybridized carbons (Fsp3) is 0.857. The molecule has 1 rings (SSSR count). The molecule has 2 atom stereocenters. The lowest BCUT2D eigenvalue weighted by Crippen LogP contribution is -2.38. The van der Waals surface area contributed by atoms with Crippen molar-refractivity contribution in [3.63, 3.8) is 0 Å². The summed E-state index contributed by atoms with van der Waals surface area (Å²) in [5, 5.41) is -0.288. The zero-order valence-electron chi connectivity index (χ0n) is 6.68. The van der Waals surface area contributed by atoms with Gasteiger partial charge in [0, 0.05) is 6.42 Å². The molecule has 0 aliphatic carbocycles. The number of alkyl halides is 2. The van der Waals surface area contributed by atoms with Crippen molar-refractivity contribution in [1.82, 2.24) is 0 Å². The zero-order chi connectivity index (χ0) is 9.19. The molecule has 0 amide bonds. The van der Waals surface area contributed by atoms with Gasteiger partial charge in [0.2, 0.25) is 0 Å². The molecule has 1 saturated heterocycles. The van der Waals surface area contributed by atoms with E-state index in [1.807, 2.05) is 0 Å². The van der Waals surface area contributed by atoms with Crippen molar-refractivity contribution in [3.05, 3.63) is 0 Å². The van der Waals surface area contributed by atoms with Crippen molar-refractivity contribution < 1.29 is 14.3 Å². The molecule has 2 unspecified atom stereocenters. The third-order valence-corrected chi connectivity index (χ3v) is 4.50. The van der Waals surface area contributed by atoms with Crippen LogP contribution in [0, 0.1) is 0 Å². The Hall–Kier alpha value is 0.390. The van der Waals surface area contributed by atoms with Crippen molar-refractivity contribution in [3.8, 4) is 0 Å². The molecule has 0 aromatic heterocycles. The van der Waals surface area contributed by atoms with E-state index in [-0.39, 0.29) is 11.0 Å². The second-order valence-corrected chi connectivity index (χ2v) is 4.77. The largest absolute Gasteiger partial charge is 0.465 e. The summed E-state index contributed by atoms with van der Waals surface area (Å²) >= 11 is 6.59. The summed E-state index contributed by atoms with van der Waals surface area (Å²) in [5.74, 6) is -0.260. The van der Waals surface area contributed by atoms with Crippen LogP contribution in [0.2, 0.25) is 0 Å². The first-order valence-corrected chi connectivity index (χ1v) is 5.44. The molecule has 0 saturated carbocycles. The minimum absolute atomic E-state index is 0.260. The maximum absolute atomic E-state index is 11.4. The van der Waals surface area contributed by atoms with E-state index < -0.39 is 4.32 Å². The molecule has 0 aromatic carbocycles. The van der Waals surface area contributed by atoms with Crippen LogP contribution in [0.4, 0.5) is 0 Å². The van der Waals surface area contributed by atoms with E-state index in [2.05, 4.69) is 31.9 Å². The van der Waals surface area contributed by atoms with Gasteiger partial charge in [0.05, 0.1) is 13.2 Å². The standard InChI is InChI=1S/C7H10Br2O3/c1-2-11-6(10)7(9)3-4-12-5(7)8/h5H,2-4H2,1H3. The molecule has 1 fully saturated rings. The highest BCUT2D eigenvalue weighted by Crippen LogP contribution is 2.38. The van der Waals surface area contributed by atoms with E-state index in [4.69, 9.17) is 9.47 Å². The van der Waals surface area contributed by atoms with Crippen molar-refractivity contribution in [2.75, 3.05) is 13.2 Å². The fourth-order valence-electron chi connectivity index (χ4n) is 1.00. The number of halogens is 2. The summed E-state index contributed by atoms with van der Waals surface area (Å²) < 4.78 is 9.42. The molecule has 0 radical (unpaired) electrons. The number of ether oxygens (including phenoxy) is 2. The van der Waals surface area contributed by atoms with Gasteiger partial charge in [0.15, 0.2) is 4.32 Å². The summed E-state index contributed by atoms with van der Waals surface area (Å²) in [4.78, 5) is 11.4. The Balaban J connectivity index is 2.63. The van der Waals surface area contributed by atoms with Crippen LogP contribution in [0.1, 0.15) is 13.3 Å². The lowest BCUT2D eigenvalue weighted by molar-refractivity contribution is -0.146. The van der Waals surface area contributed by atoms with Crippen LogP contribution in [0.25, 0.3) is 0 Å². The average molecular weight is 302 g/mol. The lowest BCUT2D eigenvalue weighted by Gasteiger charge is -2.20. The molecular weight excluding hydrogens is 292 g/mol. The lowest BCUT2D eigenvalue weighted by atomic mass is 10.1. The summed E-state index contributed by atoms with van der Waals surface area (Å²) in [6, 6.07) is 0. The molecular formula is C7H10Br2O3. The molecule has 1 aliphatic heterocycles. The Kier molecular flexibility index (Phi) is 3.55. The number of carbonyl (C=O) groups excluding carboxylic acids is 1. The second kappa shape index (κ2) is 4.07. The van der Waals surface area contributed by atoms with E-state index in [0.717, 1.165) is 0 Å². The average Bonchev–Trinajstić information content (AvgIpc) is 2.34. The van der Waals surface area contributed by atoms with Crippen LogP contribution in [-0.2, 0) is 14.3 Å². The predicted octanol–water partition coefficient (Wildman–Crippen LogP) is 1.82. The van der Waals surface area contributed by atoms with Crippen LogP contribution in [0.5, 0.6) is 0 Å². The van der Waals surface area contributed by atoms with Gasteiger partial charge < -0.3 is 9.47 Å². The van der Waals surface area contributed by atoms with E-state index in [1.54, 1.807) is 6.92 Å². The fourth-order valence-corrected chi connectivity index (χ4v) is 2.01. The monoisotopic (exact) mass is 300 g/mol. The normalized spacial score (nSPS) is 35.1. The molecule has 0 spiro atoms. The Morgan fingerprint density at radius 2 is 2.50 bits per heavy atom.